The summed E-state index contributed by atoms with van der Waals surface area (Å²) in [6, 6.07) is 9.93. The maximum atomic E-state index is 12.4. The number of hydrogen-bond donors (Lipinski definition) is 0. The zero-order valence-electron chi connectivity index (χ0n) is 18.0. The molecule has 3 rings (SSSR count). The summed E-state index contributed by atoms with van der Waals surface area (Å²) in [4.78, 5) is 5.18. The molecule has 0 aliphatic carbocycles. The van der Waals surface area contributed by atoms with Crippen LogP contribution in [-0.4, -0.2) is 45.4 Å². The van der Waals surface area contributed by atoms with Crippen LogP contribution in [0.1, 0.15) is 12.5 Å². The normalized spacial score (nSPS) is 11.9. The Labute approximate surface area is 188 Å². The van der Waals surface area contributed by atoms with Crippen LogP contribution < -0.4 is 23.7 Å². The highest BCUT2D eigenvalue weighted by Crippen LogP contribution is 2.37. The SMILES string of the molecule is CCN=c1scc(-c2ccc(OC(F)F)cc2)n1/N=C/c1cc(OC)c(OC)c(OC)c1. The standard InChI is InChI=1S/C22H23F2N3O4S/c1-5-25-22-27(17(13-32-22)15-6-8-16(9-7-15)31-21(23)24)26-12-14-10-18(28-2)20(30-4)19(11-14)29-3/h6-13,21H,5H2,1-4H3/b25-22?,26-12+. The van der Waals surface area contributed by atoms with Gasteiger partial charge in [0, 0.05) is 23.1 Å². The van der Waals surface area contributed by atoms with E-state index >= 15 is 0 Å². The fourth-order valence-corrected chi connectivity index (χ4v) is 3.86. The molecule has 0 aliphatic heterocycles. The predicted octanol–water partition coefficient (Wildman–Crippen LogP) is 4.65. The van der Waals surface area contributed by atoms with Gasteiger partial charge in [0.2, 0.25) is 10.6 Å². The second-order valence-electron chi connectivity index (χ2n) is 6.30. The van der Waals surface area contributed by atoms with E-state index in [1.54, 1.807) is 49.4 Å². The lowest BCUT2D eigenvalue weighted by atomic mass is 10.2. The van der Waals surface area contributed by atoms with Gasteiger partial charge < -0.3 is 18.9 Å². The summed E-state index contributed by atoms with van der Waals surface area (Å²) >= 11 is 1.43. The largest absolute Gasteiger partial charge is 0.493 e. The highest BCUT2D eigenvalue weighted by molar-refractivity contribution is 7.07. The molecule has 2 aromatic carbocycles. The maximum absolute atomic E-state index is 12.4. The minimum absolute atomic E-state index is 0.0879. The van der Waals surface area contributed by atoms with E-state index in [1.807, 2.05) is 12.3 Å². The van der Waals surface area contributed by atoms with Crippen LogP contribution in [-0.2, 0) is 0 Å². The number of benzene rings is 2. The second kappa shape index (κ2) is 10.8. The number of rotatable bonds is 9. The van der Waals surface area contributed by atoms with Crippen LogP contribution in [0.25, 0.3) is 11.3 Å². The summed E-state index contributed by atoms with van der Waals surface area (Å²) in [5, 5.41) is 6.52. The number of ether oxygens (including phenoxy) is 4. The first kappa shape index (κ1) is 23.3. The first-order valence-electron chi connectivity index (χ1n) is 9.61. The van der Waals surface area contributed by atoms with E-state index in [0.29, 0.717) is 28.6 Å². The Balaban J connectivity index is 2.02. The first-order chi connectivity index (χ1) is 15.5. The predicted molar refractivity (Wildman–Crippen MR) is 120 cm³/mol. The number of thiazole rings is 1. The monoisotopic (exact) mass is 463 g/mol. The van der Waals surface area contributed by atoms with Gasteiger partial charge in [-0.1, -0.05) is 0 Å². The Bertz CT molecular complexity index is 1120. The molecule has 170 valence electrons. The molecule has 0 spiro atoms. The van der Waals surface area contributed by atoms with E-state index < -0.39 is 6.61 Å². The second-order valence-corrected chi connectivity index (χ2v) is 7.13. The molecule has 3 aromatic rings. The van der Waals surface area contributed by atoms with Gasteiger partial charge in [0.05, 0.1) is 33.2 Å². The Hall–Kier alpha value is -3.40. The average molecular weight is 464 g/mol. The molecule has 7 nitrogen and oxygen atoms in total. The smallest absolute Gasteiger partial charge is 0.387 e. The molecule has 0 saturated heterocycles. The molecular formula is C22H23F2N3O4S. The van der Waals surface area contributed by atoms with Crippen molar-refractivity contribution < 1.29 is 27.7 Å². The third-order valence-electron chi connectivity index (χ3n) is 4.36. The van der Waals surface area contributed by atoms with Crippen molar-refractivity contribution in [3.05, 3.63) is 52.1 Å². The molecule has 0 amide bonds. The van der Waals surface area contributed by atoms with Crippen molar-refractivity contribution in [1.29, 1.82) is 0 Å². The average Bonchev–Trinajstić information content (AvgIpc) is 3.19. The highest BCUT2D eigenvalue weighted by Gasteiger charge is 2.13. The molecular weight excluding hydrogens is 440 g/mol. The fraction of sp³-hybridized carbons (Fsp3) is 0.273. The van der Waals surface area contributed by atoms with E-state index in [-0.39, 0.29) is 5.75 Å². The Morgan fingerprint density at radius 3 is 2.22 bits per heavy atom. The van der Waals surface area contributed by atoms with Gasteiger partial charge in [-0.2, -0.15) is 13.9 Å². The molecule has 1 heterocycles. The summed E-state index contributed by atoms with van der Waals surface area (Å²) in [7, 11) is 4.63. The van der Waals surface area contributed by atoms with Gasteiger partial charge in [0.25, 0.3) is 0 Å². The van der Waals surface area contributed by atoms with E-state index in [2.05, 4.69) is 14.8 Å². The van der Waals surface area contributed by atoms with Gasteiger partial charge in [-0.25, -0.2) is 4.68 Å². The van der Waals surface area contributed by atoms with E-state index in [9.17, 15) is 8.78 Å². The van der Waals surface area contributed by atoms with Gasteiger partial charge in [0.15, 0.2) is 11.5 Å². The van der Waals surface area contributed by atoms with Crippen LogP contribution in [0.5, 0.6) is 23.0 Å². The van der Waals surface area contributed by atoms with Crippen molar-refractivity contribution in [2.24, 2.45) is 10.1 Å². The molecule has 32 heavy (non-hydrogen) atoms. The minimum Gasteiger partial charge on any atom is -0.493 e. The molecule has 0 N–H and O–H groups in total. The Morgan fingerprint density at radius 2 is 1.69 bits per heavy atom. The molecule has 0 radical (unpaired) electrons. The number of alkyl halides is 2. The van der Waals surface area contributed by atoms with Crippen LogP contribution in [0, 0.1) is 0 Å². The van der Waals surface area contributed by atoms with Crippen LogP contribution >= 0.6 is 11.3 Å². The van der Waals surface area contributed by atoms with Crippen molar-refractivity contribution in [2.45, 2.75) is 13.5 Å². The summed E-state index contributed by atoms with van der Waals surface area (Å²) in [6.45, 7) is -0.353. The fourth-order valence-electron chi connectivity index (χ4n) is 2.96. The van der Waals surface area contributed by atoms with Crippen LogP contribution in [0.3, 0.4) is 0 Å². The minimum atomic E-state index is -2.87. The molecule has 0 bridgehead atoms. The Kier molecular flexibility index (Phi) is 7.82. The van der Waals surface area contributed by atoms with E-state index in [4.69, 9.17) is 14.2 Å². The first-order valence-corrected chi connectivity index (χ1v) is 10.5. The maximum Gasteiger partial charge on any atom is 0.387 e. The molecule has 0 saturated carbocycles. The molecule has 0 aliphatic rings. The Morgan fingerprint density at radius 1 is 1.03 bits per heavy atom. The molecule has 10 heteroatoms. The van der Waals surface area contributed by atoms with Gasteiger partial charge in [-0.15, -0.1) is 11.3 Å². The lowest BCUT2D eigenvalue weighted by molar-refractivity contribution is -0.0498. The summed E-state index contributed by atoms with van der Waals surface area (Å²) in [5.41, 5.74) is 2.27. The lowest BCUT2D eigenvalue weighted by Crippen LogP contribution is -2.12. The number of hydrogen-bond acceptors (Lipinski definition) is 7. The van der Waals surface area contributed by atoms with Crippen molar-refractivity contribution >= 4 is 17.6 Å². The van der Waals surface area contributed by atoms with Crippen LogP contribution in [0.4, 0.5) is 8.78 Å². The lowest BCUT2D eigenvalue weighted by Gasteiger charge is -2.12. The van der Waals surface area contributed by atoms with Crippen molar-refractivity contribution in [3.8, 4) is 34.3 Å². The van der Waals surface area contributed by atoms with Gasteiger partial charge in [-0.05, 0) is 43.3 Å². The van der Waals surface area contributed by atoms with Crippen LogP contribution in [0.2, 0.25) is 0 Å². The van der Waals surface area contributed by atoms with E-state index in [0.717, 1.165) is 16.8 Å². The zero-order valence-corrected chi connectivity index (χ0v) is 18.9. The molecule has 0 unspecified atom stereocenters. The van der Waals surface area contributed by atoms with E-state index in [1.165, 1.54) is 30.6 Å². The number of aromatic nitrogens is 1. The quantitative estimate of drug-likeness (QED) is 0.434. The third-order valence-corrected chi connectivity index (χ3v) is 5.22. The van der Waals surface area contributed by atoms with Crippen molar-refractivity contribution in [2.75, 3.05) is 27.9 Å². The third kappa shape index (κ3) is 5.25. The molecule has 0 fully saturated rings. The van der Waals surface area contributed by atoms with Crippen molar-refractivity contribution in [3.63, 3.8) is 0 Å². The van der Waals surface area contributed by atoms with Gasteiger partial charge >= 0.3 is 6.61 Å². The number of nitrogens with zero attached hydrogens (tertiary/aromatic N) is 3. The van der Waals surface area contributed by atoms with Crippen LogP contribution in [0.15, 0.2) is 51.9 Å². The summed E-state index contributed by atoms with van der Waals surface area (Å²) < 4.78 is 47.1. The van der Waals surface area contributed by atoms with Crippen molar-refractivity contribution in [1.82, 2.24) is 4.68 Å². The zero-order chi connectivity index (χ0) is 23.1. The van der Waals surface area contributed by atoms with Gasteiger partial charge in [-0.3, -0.25) is 4.99 Å². The topological polar surface area (TPSA) is 66.6 Å². The molecule has 0 atom stereocenters. The summed E-state index contributed by atoms with van der Waals surface area (Å²) in [6.07, 6.45) is 1.66. The number of methoxy groups -OCH3 is 3. The summed E-state index contributed by atoms with van der Waals surface area (Å²) in [5.74, 6) is 1.60. The highest BCUT2D eigenvalue weighted by atomic mass is 32.1. The molecule has 1 aromatic heterocycles. The van der Waals surface area contributed by atoms with Gasteiger partial charge in [0.1, 0.15) is 5.75 Å². The number of halogens is 2.